The number of hydrogen-bond acceptors (Lipinski definition) is 6. The fourth-order valence-corrected chi connectivity index (χ4v) is 2.85. The molecule has 0 saturated heterocycles. The van der Waals surface area contributed by atoms with Gasteiger partial charge in [-0.25, -0.2) is 0 Å². The molecule has 3 aromatic rings. The molecule has 20 heavy (non-hydrogen) atoms. The van der Waals surface area contributed by atoms with Crippen LogP contribution in [-0.4, -0.2) is 24.7 Å². The van der Waals surface area contributed by atoms with Gasteiger partial charge in [0.15, 0.2) is 10.8 Å². The summed E-state index contributed by atoms with van der Waals surface area (Å²) in [6, 6.07) is 6.58. The van der Waals surface area contributed by atoms with Gasteiger partial charge in [-0.15, -0.1) is 10.2 Å². The zero-order valence-electron chi connectivity index (χ0n) is 10.7. The van der Waals surface area contributed by atoms with Gasteiger partial charge in [-0.3, -0.25) is 10.1 Å². The standard InChI is InChI=1S/C12H11N5O2S/c1-2-5-10-13-14-12-16(10)15-11(20-12)8-6-3-4-7-9(8)17(18)19/h3-4,6-7H,2,5H2,1H3. The lowest BCUT2D eigenvalue weighted by molar-refractivity contribution is -0.384. The molecule has 8 heteroatoms. The van der Waals surface area contributed by atoms with E-state index < -0.39 is 4.92 Å². The summed E-state index contributed by atoms with van der Waals surface area (Å²) in [5, 5.41) is 24.2. The summed E-state index contributed by atoms with van der Waals surface area (Å²) < 4.78 is 1.67. The molecule has 0 aliphatic heterocycles. The van der Waals surface area contributed by atoms with Gasteiger partial charge in [0.1, 0.15) is 0 Å². The van der Waals surface area contributed by atoms with Crippen molar-refractivity contribution >= 4 is 22.0 Å². The smallest absolute Gasteiger partial charge is 0.258 e. The van der Waals surface area contributed by atoms with E-state index in [-0.39, 0.29) is 5.69 Å². The predicted octanol–water partition coefficient (Wildman–Crippen LogP) is 2.71. The van der Waals surface area contributed by atoms with Crippen molar-refractivity contribution in [1.82, 2.24) is 19.8 Å². The van der Waals surface area contributed by atoms with Crippen LogP contribution < -0.4 is 0 Å². The fraction of sp³-hybridized carbons (Fsp3) is 0.250. The number of rotatable bonds is 4. The maximum Gasteiger partial charge on any atom is 0.279 e. The highest BCUT2D eigenvalue weighted by atomic mass is 32.1. The normalized spacial score (nSPS) is 11.1. The Morgan fingerprint density at radius 3 is 2.90 bits per heavy atom. The van der Waals surface area contributed by atoms with Crippen molar-refractivity contribution in [3.63, 3.8) is 0 Å². The van der Waals surface area contributed by atoms with E-state index in [2.05, 4.69) is 22.2 Å². The Bertz CT molecular complexity index is 779. The second-order valence-electron chi connectivity index (χ2n) is 4.24. The molecule has 3 rings (SSSR count). The highest BCUT2D eigenvalue weighted by molar-refractivity contribution is 7.19. The van der Waals surface area contributed by atoms with Crippen molar-refractivity contribution in [2.75, 3.05) is 0 Å². The Balaban J connectivity index is 2.13. The van der Waals surface area contributed by atoms with E-state index in [4.69, 9.17) is 0 Å². The number of benzene rings is 1. The van der Waals surface area contributed by atoms with E-state index in [1.807, 2.05) is 0 Å². The molecule has 0 unspecified atom stereocenters. The van der Waals surface area contributed by atoms with Gasteiger partial charge in [0.2, 0.25) is 4.96 Å². The quantitative estimate of drug-likeness (QED) is 0.544. The minimum Gasteiger partial charge on any atom is -0.258 e. The summed E-state index contributed by atoms with van der Waals surface area (Å²) >= 11 is 1.30. The highest BCUT2D eigenvalue weighted by Gasteiger charge is 2.19. The Morgan fingerprint density at radius 1 is 1.35 bits per heavy atom. The maximum absolute atomic E-state index is 11.1. The van der Waals surface area contributed by atoms with Gasteiger partial charge in [-0.05, 0) is 12.5 Å². The topological polar surface area (TPSA) is 86.2 Å². The predicted molar refractivity (Wildman–Crippen MR) is 74.7 cm³/mol. The first kappa shape index (κ1) is 12.7. The monoisotopic (exact) mass is 289 g/mol. The average molecular weight is 289 g/mol. The van der Waals surface area contributed by atoms with E-state index in [1.165, 1.54) is 17.4 Å². The zero-order valence-corrected chi connectivity index (χ0v) is 11.5. The number of aromatic nitrogens is 4. The Kier molecular flexibility index (Phi) is 3.15. The van der Waals surface area contributed by atoms with Crippen LogP contribution in [0.2, 0.25) is 0 Å². The van der Waals surface area contributed by atoms with E-state index in [0.29, 0.717) is 15.5 Å². The van der Waals surface area contributed by atoms with E-state index in [0.717, 1.165) is 18.7 Å². The second-order valence-corrected chi connectivity index (χ2v) is 5.20. The molecule has 7 nitrogen and oxygen atoms in total. The molecule has 0 aliphatic carbocycles. The van der Waals surface area contributed by atoms with Crippen LogP contribution in [0.4, 0.5) is 5.69 Å². The van der Waals surface area contributed by atoms with Crippen LogP contribution in [-0.2, 0) is 6.42 Å². The van der Waals surface area contributed by atoms with Gasteiger partial charge in [0, 0.05) is 12.5 Å². The third kappa shape index (κ3) is 2.03. The lowest BCUT2D eigenvalue weighted by Gasteiger charge is -1.97. The van der Waals surface area contributed by atoms with Crippen molar-refractivity contribution in [3.8, 4) is 10.6 Å². The molecule has 0 fully saturated rings. The van der Waals surface area contributed by atoms with E-state index in [1.54, 1.807) is 22.7 Å². The number of nitro groups is 1. The number of nitrogens with zero attached hydrogens (tertiary/aromatic N) is 5. The molecule has 0 aliphatic rings. The highest BCUT2D eigenvalue weighted by Crippen LogP contribution is 2.32. The van der Waals surface area contributed by atoms with Crippen LogP contribution in [0.15, 0.2) is 24.3 Å². The number of aryl methyl sites for hydroxylation is 1. The second kappa shape index (κ2) is 4.97. The number of fused-ring (bicyclic) bond motifs is 1. The zero-order chi connectivity index (χ0) is 14.1. The van der Waals surface area contributed by atoms with Crippen molar-refractivity contribution < 1.29 is 4.92 Å². The van der Waals surface area contributed by atoms with Crippen molar-refractivity contribution in [2.45, 2.75) is 19.8 Å². The van der Waals surface area contributed by atoms with Crippen LogP contribution >= 0.6 is 11.3 Å². The van der Waals surface area contributed by atoms with Gasteiger partial charge in [-0.2, -0.15) is 9.61 Å². The molecular weight excluding hydrogens is 278 g/mol. The molecule has 0 saturated carbocycles. The van der Waals surface area contributed by atoms with E-state index >= 15 is 0 Å². The molecular formula is C12H11N5O2S. The Morgan fingerprint density at radius 2 is 2.15 bits per heavy atom. The maximum atomic E-state index is 11.1. The van der Waals surface area contributed by atoms with Crippen LogP contribution in [0, 0.1) is 10.1 Å². The van der Waals surface area contributed by atoms with Gasteiger partial charge in [-0.1, -0.05) is 30.4 Å². The van der Waals surface area contributed by atoms with Crippen molar-refractivity contribution in [1.29, 1.82) is 0 Å². The summed E-state index contributed by atoms with van der Waals surface area (Å²) in [6.07, 6.45) is 1.72. The van der Waals surface area contributed by atoms with Crippen LogP contribution in [0.5, 0.6) is 0 Å². The first-order valence-corrected chi connectivity index (χ1v) is 6.97. The third-order valence-corrected chi connectivity index (χ3v) is 3.79. The molecule has 0 spiro atoms. The molecule has 0 atom stereocenters. The Hall–Kier alpha value is -2.35. The van der Waals surface area contributed by atoms with Gasteiger partial charge in [0.25, 0.3) is 5.69 Å². The SMILES string of the molecule is CCCc1nnc2sc(-c3ccccc3[N+](=O)[O-])nn12. The molecule has 1 aromatic carbocycles. The molecule has 0 amide bonds. The van der Waals surface area contributed by atoms with Crippen molar-refractivity contribution in [3.05, 3.63) is 40.2 Å². The first-order valence-electron chi connectivity index (χ1n) is 6.15. The molecule has 102 valence electrons. The number of hydrogen-bond donors (Lipinski definition) is 0. The Labute approximate surface area is 118 Å². The van der Waals surface area contributed by atoms with Crippen LogP contribution in [0.25, 0.3) is 15.5 Å². The van der Waals surface area contributed by atoms with Gasteiger partial charge < -0.3 is 0 Å². The summed E-state index contributed by atoms with van der Waals surface area (Å²) in [5.41, 5.74) is 0.560. The minimum absolute atomic E-state index is 0.0505. The van der Waals surface area contributed by atoms with Crippen LogP contribution in [0.1, 0.15) is 19.2 Å². The van der Waals surface area contributed by atoms with Crippen molar-refractivity contribution in [2.24, 2.45) is 0 Å². The lowest BCUT2D eigenvalue weighted by atomic mass is 10.2. The molecule has 0 N–H and O–H groups in total. The molecule has 2 aromatic heterocycles. The summed E-state index contributed by atoms with van der Waals surface area (Å²) in [6.45, 7) is 2.05. The number of nitro benzene ring substituents is 1. The lowest BCUT2D eigenvalue weighted by Crippen LogP contribution is -1.96. The number of para-hydroxylation sites is 1. The van der Waals surface area contributed by atoms with E-state index in [9.17, 15) is 10.1 Å². The molecule has 2 heterocycles. The van der Waals surface area contributed by atoms with Crippen LogP contribution in [0.3, 0.4) is 0 Å². The largest absolute Gasteiger partial charge is 0.279 e. The molecule has 0 radical (unpaired) electrons. The minimum atomic E-state index is -0.398. The average Bonchev–Trinajstić information content (AvgIpc) is 3.01. The summed E-state index contributed by atoms with van der Waals surface area (Å²) in [7, 11) is 0. The fourth-order valence-electron chi connectivity index (χ4n) is 1.96. The first-order chi connectivity index (χ1) is 9.70. The third-order valence-electron chi connectivity index (χ3n) is 2.86. The summed E-state index contributed by atoms with van der Waals surface area (Å²) in [5.74, 6) is 0.781. The molecule has 0 bridgehead atoms. The summed E-state index contributed by atoms with van der Waals surface area (Å²) in [4.78, 5) is 11.3. The van der Waals surface area contributed by atoms with Gasteiger partial charge >= 0.3 is 0 Å². The van der Waals surface area contributed by atoms with Gasteiger partial charge in [0.05, 0.1) is 10.5 Å².